The summed E-state index contributed by atoms with van der Waals surface area (Å²) in [6, 6.07) is 13.4. The van der Waals surface area contributed by atoms with Crippen LogP contribution in [0.4, 0.5) is 4.39 Å². The van der Waals surface area contributed by atoms with Gasteiger partial charge >= 0.3 is 0 Å². The zero-order valence-electron chi connectivity index (χ0n) is 17.1. The van der Waals surface area contributed by atoms with Crippen LogP contribution in [0.15, 0.2) is 58.4 Å². The van der Waals surface area contributed by atoms with Crippen LogP contribution in [0, 0.1) is 12.7 Å². The van der Waals surface area contributed by atoms with E-state index in [-0.39, 0.29) is 11.4 Å². The fourth-order valence-corrected chi connectivity index (χ4v) is 5.53. The molecule has 0 amide bonds. The highest BCUT2D eigenvalue weighted by atomic mass is 32.2. The van der Waals surface area contributed by atoms with Gasteiger partial charge in [0.2, 0.25) is 10.0 Å². The molecule has 0 aromatic heterocycles. The van der Waals surface area contributed by atoms with Gasteiger partial charge in [0.1, 0.15) is 11.7 Å². The van der Waals surface area contributed by atoms with Crippen LogP contribution in [0.1, 0.15) is 24.0 Å². The molecule has 0 saturated carbocycles. The lowest BCUT2D eigenvalue weighted by atomic mass is 9.85. The Morgan fingerprint density at radius 1 is 1.10 bits per heavy atom. The van der Waals surface area contributed by atoms with Crippen LogP contribution in [0.3, 0.4) is 0 Å². The fraction of sp³-hybridized carbons (Fsp3) is 0.409. The van der Waals surface area contributed by atoms with E-state index in [0.717, 1.165) is 23.5 Å². The number of amidine groups is 1. The third-order valence-electron chi connectivity index (χ3n) is 5.91. The van der Waals surface area contributed by atoms with Gasteiger partial charge < -0.3 is 10.6 Å². The summed E-state index contributed by atoms with van der Waals surface area (Å²) in [5, 5.41) is 6.98. The Hall–Kier alpha value is -2.29. The Morgan fingerprint density at radius 2 is 1.77 bits per heavy atom. The topological polar surface area (TPSA) is 73.8 Å². The van der Waals surface area contributed by atoms with Gasteiger partial charge in [-0.1, -0.05) is 29.8 Å². The van der Waals surface area contributed by atoms with E-state index in [0.29, 0.717) is 43.9 Å². The molecule has 1 fully saturated rings. The van der Waals surface area contributed by atoms with Crippen molar-refractivity contribution in [1.29, 1.82) is 0 Å². The Morgan fingerprint density at radius 3 is 2.43 bits per heavy atom. The molecule has 2 aromatic carbocycles. The van der Waals surface area contributed by atoms with Crippen LogP contribution >= 0.6 is 0 Å². The predicted molar refractivity (Wildman–Crippen MR) is 115 cm³/mol. The van der Waals surface area contributed by atoms with Crippen LogP contribution in [0.5, 0.6) is 0 Å². The summed E-state index contributed by atoms with van der Waals surface area (Å²) in [4.78, 5) is 5.03. The van der Waals surface area contributed by atoms with Gasteiger partial charge in [-0.15, -0.1) is 0 Å². The van der Waals surface area contributed by atoms with Crippen molar-refractivity contribution in [3.63, 3.8) is 0 Å². The van der Waals surface area contributed by atoms with Crippen LogP contribution in [-0.4, -0.2) is 50.3 Å². The molecule has 0 radical (unpaired) electrons. The molecule has 0 unspecified atom stereocenters. The average Bonchev–Trinajstić information content (AvgIpc) is 2.75. The average molecular weight is 431 g/mol. The van der Waals surface area contributed by atoms with Crippen molar-refractivity contribution in [2.24, 2.45) is 4.99 Å². The molecule has 4 rings (SSSR count). The third kappa shape index (κ3) is 4.26. The van der Waals surface area contributed by atoms with E-state index in [1.54, 1.807) is 28.6 Å². The Balaban J connectivity index is 1.44. The minimum Gasteiger partial charge on any atom is -0.368 e. The van der Waals surface area contributed by atoms with Crippen molar-refractivity contribution >= 4 is 15.9 Å². The SMILES string of the molecule is Cc1ccc(S(=O)(=O)N2CCC3(CC2)NCCN=C3NCc2ccc(F)cc2)cc1. The maximum absolute atomic E-state index is 13.1. The van der Waals surface area contributed by atoms with Gasteiger partial charge in [0, 0.05) is 26.2 Å². The number of nitrogens with zero attached hydrogens (tertiary/aromatic N) is 2. The van der Waals surface area contributed by atoms with Gasteiger partial charge in [-0.3, -0.25) is 4.99 Å². The minimum absolute atomic E-state index is 0.256. The number of benzene rings is 2. The number of hydrogen-bond acceptors (Lipinski definition) is 5. The molecule has 0 atom stereocenters. The molecule has 160 valence electrons. The lowest BCUT2D eigenvalue weighted by molar-refractivity contribution is 0.241. The Labute approximate surface area is 177 Å². The summed E-state index contributed by atoms with van der Waals surface area (Å²) in [6.07, 6.45) is 1.29. The van der Waals surface area contributed by atoms with Crippen molar-refractivity contribution in [1.82, 2.24) is 14.9 Å². The largest absolute Gasteiger partial charge is 0.368 e. The minimum atomic E-state index is -3.50. The van der Waals surface area contributed by atoms with E-state index >= 15 is 0 Å². The highest BCUT2D eigenvalue weighted by Crippen LogP contribution is 2.29. The van der Waals surface area contributed by atoms with Gasteiger partial charge in [0.25, 0.3) is 0 Å². The van der Waals surface area contributed by atoms with Crippen molar-refractivity contribution in [2.75, 3.05) is 26.2 Å². The molecular weight excluding hydrogens is 403 g/mol. The summed E-state index contributed by atoms with van der Waals surface area (Å²) >= 11 is 0. The first kappa shape index (κ1) is 21.0. The third-order valence-corrected chi connectivity index (χ3v) is 7.82. The number of nitrogens with one attached hydrogen (secondary N) is 2. The Kier molecular flexibility index (Phi) is 5.90. The summed E-state index contributed by atoms with van der Waals surface area (Å²) in [5.74, 6) is 0.611. The first-order chi connectivity index (χ1) is 14.4. The highest BCUT2D eigenvalue weighted by molar-refractivity contribution is 7.89. The first-order valence-electron chi connectivity index (χ1n) is 10.2. The van der Waals surface area contributed by atoms with Gasteiger partial charge in [-0.2, -0.15) is 4.31 Å². The van der Waals surface area contributed by atoms with Gasteiger partial charge in [0.15, 0.2) is 0 Å². The maximum atomic E-state index is 13.1. The van der Waals surface area contributed by atoms with E-state index in [4.69, 9.17) is 4.99 Å². The molecule has 30 heavy (non-hydrogen) atoms. The van der Waals surface area contributed by atoms with Crippen molar-refractivity contribution in [2.45, 2.75) is 36.7 Å². The van der Waals surface area contributed by atoms with Crippen LogP contribution in [0.2, 0.25) is 0 Å². The van der Waals surface area contributed by atoms with E-state index in [2.05, 4.69) is 10.6 Å². The standard InChI is InChI=1S/C22H27FN4O2S/c1-17-2-8-20(9-3-17)30(28,29)27-14-10-22(11-15-27)21(24-12-13-26-22)25-16-18-4-6-19(23)7-5-18/h2-9,26H,10-16H2,1H3,(H,24,25). The molecule has 1 saturated heterocycles. The van der Waals surface area contributed by atoms with Crippen LogP contribution in [0.25, 0.3) is 0 Å². The summed E-state index contributed by atoms with van der Waals surface area (Å²) in [5.41, 5.74) is 1.66. The molecular formula is C22H27FN4O2S. The summed E-state index contributed by atoms with van der Waals surface area (Å²) < 4.78 is 40.7. The van der Waals surface area contributed by atoms with E-state index in [1.165, 1.54) is 12.1 Å². The molecule has 1 spiro atoms. The van der Waals surface area contributed by atoms with Crippen LogP contribution < -0.4 is 10.6 Å². The monoisotopic (exact) mass is 430 g/mol. The van der Waals surface area contributed by atoms with Crippen molar-refractivity contribution in [3.8, 4) is 0 Å². The lowest BCUT2D eigenvalue weighted by Gasteiger charge is -2.44. The van der Waals surface area contributed by atoms with E-state index in [1.807, 2.05) is 19.1 Å². The first-order valence-corrected chi connectivity index (χ1v) is 11.7. The smallest absolute Gasteiger partial charge is 0.243 e. The predicted octanol–water partition coefficient (Wildman–Crippen LogP) is 2.45. The van der Waals surface area contributed by atoms with Gasteiger partial charge in [-0.25, -0.2) is 12.8 Å². The molecule has 0 aliphatic carbocycles. The fourth-order valence-electron chi connectivity index (χ4n) is 4.09. The number of sulfonamides is 1. The molecule has 2 aromatic rings. The van der Waals surface area contributed by atoms with Crippen molar-refractivity contribution < 1.29 is 12.8 Å². The number of aryl methyl sites for hydroxylation is 1. The lowest BCUT2D eigenvalue weighted by Crippen LogP contribution is -2.64. The van der Waals surface area contributed by atoms with E-state index in [9.17, 15) is 12.8 Å². The number of piperidine rings is 1. The van der Waals surface area contributed by atoms with E-state index < -0.39 is 10.0 Å². The highest BCUT2D eigenvalue weighted by Gasteiger charge is 2.43. The number of aliphatic imine (C=N–C) groups is 1. The normalized spacial score (nSPS) is 19.5. The molecule has 2 N–H and O–H groups in total. The molecule has 8 heteroatoms. The molecule has 6 nitrogen and oxygen atoms in total. The quantitative estimate of drug-likeness (QED) is 0.782. The van der Waals surface area contributed by atoms with Gasteiger partial charge in [0.05, 0.1) is 17.0 Å². The zero-order chi connectivity index (χ0) is 21.2. The zero-order valence-corrected chi connectivity index (χ0v) is 17.9. The van der Waals surface area contributed by atoms with Crippen LogP contribution in [-0.2, 0) is 16.6 Å². The summed E-state index contributed by atoms with van der Waals surface area (Å²) in [6.45, 7) is 4.80. The maximum Gasteiger partial charge on any atom is 0.243 e. The molecule has 2 heterocycles. The molecule has 0 bridgehead atoms. The second kappa shape index (κ2) is 8.45. The van der Waals surface area contributed by atoms with Gasteiger partial charge in [-0.05, 0) is 49.6 Å². The van der Waals surface area contributed by atoms with Crippen molar-refractivity contribution in [3.05, 3.63) is 65.5 Å². The molecule has 2 aliphatic rings. The Bertz CT molecular complexity index is 1010. The number of halogens is 1. The summed E-state index contributed by atoms with van der Waals surface area (Å²) in [7, 11) is -3.50. The molecule has 2 aliphatic heterocycles. The number of hydrogen-bond donors (Lipinski definition) is 2. The second-order valence-corrected chi connectivity index (χ2v) is 9.87. The number of rotatable bonds is 4. The second-order valence-electron chi connectivity index (χ2n) is 7.94.